The van der Waals surface area contributed by atoms with Gasteiger partial charge >= 0.3 is 0 Å². The van der Waals surface area contributed by atoms with Crippen LogP contribution in [0.15, 0.2) is 6.33 Å². The number of aryl methyl sites for hydroxylation is 1. The van der Waals surface area contributed by atoms with E-state index in [0.717, 1.165) is 48.1 Å². The van der Waals surface area contributed by atoms with Gasteiger partial charge in [0, 0.05) is 12.2 Å². The van der Waals surface area contributed by atoms with Crippen molar-refractivity contribution >= 4 is 23.3 Å². The Morgan fingerprint density at radius 1 is 1.33 bits per heavy atom. The van der Waals surface area contributed by atoms with Gasteiger partial charge in [-0.05, 0) is 19.3 Å². The van der Waals surface area contributed by atoms with E-state index in [1.165, 1.54) is 12.8 Å². The van der Waals surface area contributed by atoms with Crippen LogP contribution in [0.5, 0.6) is 0 Å². The monoisotopic (exact) mass is 258 g/mol. The molecule has 0 fully saturated rings. The first kappa shape index (κ1) is 11.4. The fourth-order valence-electron chi connectivity index (χ4n) is 2.79. The largest absolute Gasteiger partial charge is 0.343 e. The van der Waals surface area contributed by atoms with Crippen LogP contribution < -0.4 is 0 Å². The minimum atomic E-state index is 0.590. The van der Waals surface area contributed by atoms with Crippen LogP contribution in [0.2, 0.25) is 0 Å². The summed E-state index contributed by atoms with van der Waals surface area (Å²) in [5.41, 5.74) is 3.67. The molecule has 2 aromatic heterocycles. The second-order valence-corrected chi connectivity index (χ2v) is 5.07. The molecule has 3 rings (SSSR count). The second-order valence-electron chi connectivity index (χ2n) is 4.68. The molecule has 1 N–H and O–H groups in total. The second kappa shape index (κ2) is 4.54. The van der Waals surface area contributed by atoms with Gasteiger partial charge in [-0.1, -0.05) is 25.1 Å². The Bertz CT molecular complexity index is 689. The Labute approximate surface area is 110 Å². The minimum absolute atomic E-state index is 0.590. The molecule has 0 bridgehead atoms. The summed E-state index contributed by atoms with van der Waals surface area (Å²) < 4.78 is 2.80. The van der Waals surface area contributed by atoms with E-state index < -0.39 is 0 Å². The third kappa shape index (κ3) is 1.65. The number of nitrogens with one attached hydrogen (secondary N) is 1. The summed E-state index contributed by atoms with van der Waals surface area (Å²) in [6, 6.07) is 2.33. The molecule has 1 aliphatic rings. The molecule has 0 aromatic carbocycles. The van der Waals surface area contributed by atoms with Gasteiger partial charge in [-0.15, -0.1) is 0 Å². The maximum absolute atomic E-state index is 9.40. The van der Waals surface area contributed by atoms with E-state index in [4.69, 9.17) is 12.2 Å². The van der Waals surface area contributed by atoms with Crippen LogP contribution in [-0.2, 0) is 13.0 Å². The Hall–Kier alpha value is -1.67. The molecule has 18 heavy (non-hydrogen) atoms. The molecule has 5 heteroatoms. The van der Waals surface area contributed by atoms with E-state index in [0.29, 0.717) is 4.64 Å². The lowest BCUT2D eigenvalue weighted by molar-refractivity contribution is 0.531. The van der Waals surface area contributed by atoms with Gasteiger partial charge in [0.15, 0.2) is 4.64 Å². The molecule has 0 atom stereocenters. The van der Waals surface area contributed by atoms with Gasteiger partial charge in [-0.2, -0.15) is 5.26 Å². The molecule has 0 saturated carbocycles. The highest BCUT2D eigenvalue weighted by atomic mass is 32.1. The number of nitriles is 1. The number of hydrogen-bond acceptors (Lipinski definition) is 3. The van der Waals surface area contributed by atoms with E-state index in [2.05, 4.69) is 20.6 Å². The minimum Gasteiger partial charge on any atom is -0.343 e. The molecule has 0 amide bonds. The fourth-order valence-corrected chi connectivity index (χ4v) is 3.06. The molecule has 0 unspecified atom stereocenters. The first-order chi connectivity index (χ1) is 8.83. The summed E-state index contributed by atoms with van der Waals surface area (Å²) >= 11 is 5.32. The van der Waals surface area contributed by atoms with E-state index >= 15 is 0 Å². The van der Waals surface area contributed by atoms with Gasteiger partial charge in [0.25, 0.3) is 0 Å². The summed E-state index contributed by atoms with van der Waals surface area (Å²) in [7, 11) is 0. The highest BCUT2D eigenvalue weighted by Crippen LogP contribution is 2.28. The van der Waals surface area contributed by atoms with E-state index in [1.54, 1.807) is 6.33 Å². The molecule has 0 aliphatic carbocycles. The van der Waals surface area contributed by atoms with Crippen molar-refractivity contribution in [1.29, 1.82) is 5.26 Å². The lowest BCUT2D eigenvalue weighted by Gasteiger charge is -2.13. The Kier molecular flexibility index (Phi) is 2.88. The predicted molar refractivity (Wildman–Crippen MR) is 71.8 cm³/mol. The standard InChI is InChI=1S/C13H14N4S/c14-7-9-10-5-3-1-2-4-6-17(10)12-11(9)15-8-16-13(12)18/h8H,1-6H2,(H,15,16,18). The maximum Gasteiger partial charge on any atom is 0.153 e. The highest BCUT2D eigenvalue weighted by Gasteiger charge is 2.19. The SMILES string of the molecule is N#Cc1c2n(c3c(=S)nc[nH]c13)CCCCCC2. The van der Waals surface area contributed by atoms with Crippen molar-refractivity contribution in [1.82, 2.24) is 14.5 Å². The molecular formula is C13H14N4S. The molecule has 0 radical (unpaired) electrons. The van der Waals surface area contributed by atoms with Gasteiger partial charge in [0.1, 0.15) is 11.6 Å². The smallest absolute Gasteiger partial charge is 0.153 e. The third-order valence-corrected chi connectivity index (χ3v) is 3.92. The molecular weight excluding hydrogens is 244 g/mol. The van der Waals surface area contributed by atoms with Crippen LogP contribution in [0.4, 0.5) is 0 Å². The van der Waals surface area contributed by atoms with Crippen molar-refractivity contribution in [3.05, 3.63) is 22.2 Å². The number of hydrogen-bond donors (Lipinski definition) is 1. The van der Waals surface area contributed by atoms with Crippen molar-refractivity contribution in [3.8, 4) is 6.07 Å². The van der Waals surface area contributed by atoms with Gasteiger partial charge in [-0.3, -0.25) is 0 Å². The molecule has 1 aliphatic heterocycles. The molecule has 4 nitrogen and oxygen atoms in total. The molecule has 0 spiro atoms. The van der Waals surface area contributed by atoms with Crippen LogP contribution >= 0.6 is 12.2 Å². The van der Waals surface area contributed by atoms with Gasteiger partial charge < -0.3 is 9.55 Å². The van der Waals surface area contributed by atoms with Crippen molar-refractivity contribution in [2.45, 2.75) is 38.6 Å². The molecule has 92 valence electrons. The number of aromatic nitrogens is 3. The van der Waals surface area contributed by atoms with Crippen molar-refractivity contribution in [3.63, 3.8) is 0 Å². The van der Waals surface area contributed by atoms with Crippen LogP contribution in [0, 0.1) is 16.0 Å². The van der Waals surface area contributed by atoms with Gasteiger partial charge in [0.05, 0.1) is 17.4 Å². The van der Waals surface area contributed by atoms with E-state index in [1.807, 2.05) is 0 Å². The fraction of sp³-hybridized carbons (Fsp3) is 0.462. The van der Waals surface area contributed by atoms with Crippen molar-refractivity contribution in [2.24, 2.45) is 0 Å². The average Bonchev–Trinajstić information content (AvgIpc) is 2.63. The number of rotatable bonds is 0. The van der Waals surface area contributed by atoms with Crippen molar-refractivity contribution in [2.75, 3.05) is 0 Å². The highest BCUT2D eigenvalue weighted by molar-refractivity contribution is 7.71. The Morgan fingerprint density at radius 3 is 3.00 bits per heavy atom. The number of fused-ring (bicyclic) bond motifs is 3. The summed E-state index contributed by atoms with van der Waals surface area (Å²) in [5.74, 6) is 0. The van der Waals surface area contributed by atoms with Crippen molar-refractivity contribution < 1.29 is 0 Å². The zero-order chi connectivity index (χ0) is 12.5. The van der Waals surface area contributed by atoms with E-state index in [-0.39, 0.29) is 0 Å². The van der Waals surface area contributed by atoms with Gasteiger partial charge in [0.2, 0.25) is 0 Å². The van der Waals surface area contributed by atoms with E-state index in [9.17, 15) is 5.26 Å². The molecule has 0 saturated heterocycles. The van der Waals surface area contributed by atoms with Crippen LogP contribution in [0.25, 0.3) is 11.0 Å². The lowest BCUT2D eigenvalue weighted by atomic mass is 10.1. The lowest BCUT2D eigenvalue weighted by Crippen LogP contribution is -2.07. The normalized spacial score (nSPS) is 15.7. The number of nitrogens with zero attached hydrogens (tertiary/aromatic N) is 3. The van der Waals surface area contributed by atoms with Crippen LogP contribution in [0.3, 0.4) is 0 Å². The van der Waals surface area contributed by atoms with Crippen LogP contribution in [0.1, 0.15) is 36.9 Å². The third-order valence-electron chi connectivity index (χ3n) is 3.62. The number of H-pyrrole nitrogens is 1. The summed E-state index contributed by atoms with van der Waals surface area (Å²) in [4.78, 5) is 7.23. The predicted octanol–water partition coefficient (Wildman–Crippen LogP) is 3.08. The first-order valence-electron chi connectivity index (χ1n) is 6.32. The maximum atomic E-state index is 9.40. The van der Waals surface area contributed by atoms with Gasteiger partial charge in [-0.25, -0.2) is 4.98 Å². The molecule has 3 heterocycles. The molecule has 2 aromatic rings. The Balaban J connectivity index is 2.38. The quantitative estimate of drug-likeness (QED) is 0.739. The van der Waals surface area contributed by atoms with Crippen LogP contribution in [-0.4, -0.2) is 14.5 Å². The first-order valence-corrected chi connectivity index (χ1v) is 6.72. The number of aromatic amines is 1. The summed E-state index contributed by atoms with van der Waals surface area (Å²) in [6.45, 7) is 0.941. The zero-order valence-corrected chi connectivity index (χ0v) is 10.9. The average molecular weight is 258 g/mol. The topological polar surface area (TPSA) is 57.4 Å². The Morgan fingerprint density at radius 2 is 2.17 bits per heavy atom. The summed E-state index contributed by atoms with van der Waals surface area (Å²) in [5, 5.41) is 9.40. The zero-order valence-electron chi connectivity index (χ0n) is 10.1. The summed E-state index contributed by atoms with van der Waals surface area (Å²) in [6.07, 6.45) is 7.32.